The lowest BCUT2D eigenvalue weighted by molar-refractivity contribution is -0.157. The molecule has 6 nitrogen and oxygen atoms in total. The molecule has 0 aromatic heterocycles. The van der Waals surface area contributed by atoms with E-state index in [0.29, 0.717) is 21.9 Å². The molecule has 3 rings (SSSR count). The molecule has 1 heterocycles. The van der Waals surface area contributed by atoms with Crippen molar-refractivity contribution in [1.29, 1.82) is 0 Å². The molecule has 0 N–H and O–H groups in total. The molecular formula is C26H30ClNO5S. The van der Waals surface area contributed by atoms with Crippen LogP contribution in [-0.4, -0.2) is 45.9 Å². The van der Waals surface area contributed by atoms with Gasteiger partial charge in [0.2, 0.25) is 0 Å². The van der Waals surface area contributed by atoms with Crippen LogP contribution in [0.4, 0.5) is 5.69 Å². The van der Waals surface area contributed by atoms with Gasteiger partial charge in [0.05, 0.1) is 16.1 Å². The van der Waals surface area contributed by atoms with Gasteiger partial charge in [0.1, 0.15) is 11.4 Å². The predicted molar refractivity (Wildman–Crippen MR) is 134 cm³/mol. The van der Waals surface area contributed by atoms with Crippen LogP contribution >= 0.6 is 11.6 Å². The van der Waals surface area contributed by atoms with Crippen LogP contribution in [0, 0.1) is 11.8 Å². The number of carbonyl (C=O) groups excluding carboxylic acids is 1. The number of esters is 1. The molecule has 0 unspecified atom stereocenters. The van der Waals surface area contributed by atoms with E-state index < -0.39 is 21.4 Å². The minimum Gasteiger partial charge on any atom is -0.481 e. The van der Waals surface area contributed by atoms with Crippen LogP contribution in [0.1, 0.15) is 51.2 Å². The second kappa shape index (κ2) is 10.7. The first-order valence-corrected chi connectivity index (χ1v) is 13.4. The molecule has 1 aliphatic heterocycles. The van der Waals surface area contributed by atoms with Crippen molar-refractivity contribution in [2.75, 3.05) is 30.9 Å². The topological polar surface area (TPSA) is 72.9 Å². The molecule has 1 saturated heterocycles. The van der Waals surface area contributed by atoms with Gasteiger partial charge in [0.25, 0.3) is 0 Å². The van der Waals surface area contributed by atoms with Crippen molar-refractivity contribution in [3.8, 4) is 17.6 Å². The van der Waals surface area contributed by atoms with Gasteiger partial charge in [0, 0.05) is 29.9 Å². The van der Waals surface area contributed by atoms with Crippen molar-refractivity contribution in [3.63, 3.8) is 0 Å². The second-order valence-electron chi connectivity index (χ2n) is 9.26. The summed E-state index contributed by atoms with van der Waals surface area (Å²) in [7, 11) is -3.39. The van der Waals surface area contributed by atoms with Gasteiger partial charge in [-0.25, -0.2) is 13.2 Å². The fraction of sp³-hybridized carbons (Fsp3) is 0.423. The molecule has 8 heteroatoms. The minimum atomic E-state index is -3.39. The summed E-state index contributed by atoms with van der Waals surface area (Å²) in [5.74, 6) is 6.09. The number of hydrogen-bond acceptors (Lipinski definition) is 6. The van der Waals surface area contributed by atoms with E-state index in [9.17, 15) is 13.2 Å². The summed E-state index contributed by atoms with van der Waals surface area (Å²) in [6.07, 6.45) is 4.52. The number of rotatable bonds is 5. The summed E-state index contributed by atoms with van der Waals surface area (Å²) in [5, 5.41) is 0.468. The Morgan fingerprint density at radius 1 is 1.03 bits per heavy atom. The number of halogens is 1. The van der Waals surface area contributed by atoms with Crippen molar-refractivity contribution in [3.05, 3.63) is 52.5 Å². The maximum absolute atomic E-state index is 12.2. The van der Waals surface area contributed by atoms with E-state index in [-0.39, 0.29) is 11.5 Å². The van der Waals surface area contributed by atoms with Crippen molar-refractivity contribution in [1.82, 2.24) is 0 Å². The predicted octanol–water partition coefficient (Wildman–Crippen LogP) is 4.85. The highest BCUT2D eigenvalue weighted by Gasteiger charge is 2.18. The monoisotopic (exact) mass is 503 g/mol. The Bertz CT molecular complexity index is 1220. The zero-order chi connectivity index (χ0) is 24.9. The summed E-state index contributed by atoms with van der Waals surface area (Å²) in [6.45, 7) is 6.89. The van der Waals surface area contributed by atoms with Crippen LogP contribution in [0.2, 0.25) is 5.02 Å². The molecule has 2 aromatic carbocycles. The number of nitrogens with zero attached hydrogens (tertiary/aromatic N) is 1. The molecule has 1 fully saturated rings. The third kappa shape index (κ3) is 7.41. The van der Waals surface area contributed by atoms with Crippen molar-refractivity contribution < 1.29 is 22.7 Å². The Labute approximate surface area is 207 Å². The van der Waals surface area contributed by atoms with Gasteiger partial charge in [-0.2, -0.15) is 0 Å². The molecule has 34 heavy (non-hydrogen) atoms. The van der Waals surface area contributed by atoms with Gasteiger partial charge in [-0.1, -0.05) is 23.4 Å². The van der Waals surface area contributed by atoms with Crippen LogP contribution in [0.5, 0.6) is 5.75 Å². The summed E-state index contributed by atoms with van der Waals surface area (Å²) in [5.41, 5.74) is 1.39. The Balaban J connectivity index is 1.95. The average molecular weight is 504 g/mol. The van der Waals surface area contributed by atoms with E-state index in [4.69, 9.17) is 21.1 Å². The fourth-order valence-corrected chi connectivity index (χ4v) is 4.44. The molecule has 0 amide bonds. The van der Waals surface area contributed by atoms with Gasteiger partial charge in [-0.3, -0.25) is 0 Å². The van der Waals surface area contributed by atoms with Crippen molar-refractivity contribution in [2.45, 2.75) is 50.5 Å². The highest BCUT2D eigenvalue weighted by atomic mass is 35.5. The largest absolute Gasteiger partial charge is 0.481 e. The summed E-state index contributed by atoms with van der Waals surface area (Å²) in [6, 6.07) is 10.0. The lowest BCUT2D eigenvalue weighted by atomic mass is 10.1. The van der Waals surface area contributed by atoms with Crippen LogP contribution in [0.25, 0.3) is 0 Å². The quantitative estimate of drug-likeness (QED) is 0.429. The number of hydrogen-bond donors (Lipinski definition) is 0. The van der Waals surface area contributed by atoms with Crippen molar-refractivity contribution in [2.24, 2.45) is 0 Å². The number of benzene rings is 2. The molecular weight excluding hydrogens is 474 g/mol. The number of sulfone groups is 1. The number of ether oxygens (including phenoxy) is 2. The Morgan fingerprint density at radius 2 is 1.71 bits per heavy atom. The molecule has 0 radical (unpaired) electrons. The summed E-state index contributed by atoms with van der Waals surface area (Å²) >= 11 is 6.18. The maximum atomic E-state index is 12.2. The first kappa shape index (κ1) is 25.9. The SMILES string of the molecule is CC(C)(C)OC(=O)COc1ccc(Cl)cc1C#Cc1cc(S(C)(=O)=O)ccc1N1CCCCC1. The smallest absolute Gasteiger partial charge is 0.344 e. The van der Waals surface area contributed by atoms with E-state index in [1.54, 1.807) is 51.1 Å². The Kier molecular flexibility index (Phi) is 8.17. The molecule has 2 aromatic rings. The lowest BCUT2D eigenvalue weighted by Crippen LogP contribution is -2.30. The standard InChI is InChI=1S/C26H30ClNO5S/c1-26(2,3)33-25(29)18-32-24-13-10-21(27)16-20(24)9-8-19-17-22(34(4,30)31)11-12-23(19)28-14-6-5-7-15-28/h10-13,16-17H,5-7,14-15,18H2,1-4H3. The Hall–Kier alpha value is -2.69. The first-order chi connectivity index (χ1) is 15.9. The molecule has 0 bridgehead atoms. The second-order valence-corrected chi connectivity index (χ2v) is 11.7. The molecule has 182 valence electrons. The zero-order valence-electron chi connectivity index (χ0n) is 20.0. The third-order valence-corrected chi connectivity index (χ3v) is 6.48. The molecule has 0 spiro atoms. The molecule has 0 saturated carbocycles. The summed E-state index contributed by atoms with van der Waals surface area (Å²) in [4.78, 5) is 14.5. The van der Waals surface area contributed by atoms with Gasteiger partial charge in [0.15, 0.2) is 16.4 Å². The van der Waals surface area contributed by atoms with Gasteiger partial charge in [-0.15, -0.1) is 0 Å². The minimum absolute atomic E-state index is 0.213. The van der Waals surface area contributed by atoms with E-state index in [1.807, 2.05) is 6.07 Å². The van der Waals surface area contributed by atoms with E-state index in [0.717, 1.165) is 31.6 Å². The molecule has 1 aliphatic rings. The van der Waals surface area contributed by atoms with Crippen molar-refractivity contribution >= 4 is 33.1 Å². The van der Waals surface area contributed by atoms with Crippen LogP contribution in [-0.2, 0) is 19.4 Å². The van der Waals surface area contributed by atoms with Gasteiger partial charge < -0.3 is 14.4 Å². The van der Waals surface area contributed by atoms with E-state index in [2.05, 4.69) is 16.7 Å². The molecule has 0 atom stereocenters. The number of carbonyl (C=O) groups is 1. The van der Waals surface area contributed by atoms with E-state index in [1.165, 1.54) is 12.7 Å². The highest BCUT2D eigenvalue weighted by molar-refractivity contribution is 7.90. The third-order valence-electron chi connectivity index (χ3n) is 5.13. The fourth-order valence-electron chi connectivity index (χ4n) is 3.62. The van der Waals surface area contributed by atoms with Crippen LogP contribution < -0.4 is 9.64 Å². The van der Waals surface area contributed by atoms with E-state index >= 15 is 0 Å². The maximum Gasteiger partial charge on any atom is 0.344 e. The normalized spacial score (nSPS) is 14.2. The Morgan fingerprint density at radius 3 is 2.35 bits per heavy atom. The average Bonchev–Trinajstić information content (AvgIpc) is 2.75. The first-order valence-electron chi connectivity index (χ1n) is 11.2. The zero-order valence-corrected chi connectivity index (χ0v) is 21.6. The van der Waals surface area contributed by atoms with Crippen LogP contribution in [0.3, 0.4) is 0 Å². The van der Waals surface area contributed by atoms with Crippen LogP contribution in [0.15, 0.2) is 41.3 Å². The lowest BCUT2D eigenvalue weighted by Gasteiger charge is -2.30. The summed E-state index contributed by atoms with van der Waals surface area (Å²) < 4.78 is 35.3. The highest BCUT2D eigenvalue weighted by Crippen LogP contribution is 2.27. The number of anilines is 1. The van der Waals surface area contributed by atoms with Gasteiger partial charge in [-0.05, 0) is 76.4 Å². The number of piperidine rings is 1. The molecule has 0 aliphatic carbocycles. The van der Waals surface area contributed by atoms with Gasteiger partial charge >= 0.3 is 5.97 Å².